The number of fused-ring (bicyclic) bond motifs is 2. The molecule has 4 aromatic rings. The first-order valence-corrected chi connectivity index (χ1v) is 12.7. The summed E-state index contributed by atoms with van der Waals surface area (Å²) >= 11 is 0. The zero-order valence-electron chi connectivity index (χ0n) is 21.3. The van der Waals surface area contributed by atoms with Crippen molar-refractivity contribution in [1.29, 1.82) is 0 Å². The summed E-state index contributed by atoms with van der Waals surface area (Å²) in [4.78, 5) is 34.6. The smallest absolute Gasteiger partial charge is 0.274 e. The Hall–Kier alpha value is -4.54. The lowest BCUT2D eigenvalue weighted by atomic mass is 10.0. The summed E-state index contributed by atoms with van der Waals surface area (Å²) in [5.41, 5.74) is 3.66. The number of carbonyl (C=O) groups excluding carboxylic acids is 2. The van der Waals surface area contributed by atoms with E-state index in [2.05, 4.69) is 20.3 Å². The number of aromatic nitrogens is 6. The van der Waals surface area contributed by atoms with Crippen LogP contribution in [0.3, 0.4) is 0 Å². The number of nitrogens with zero attached hydrogens (tertiary/aromatic N) is 8. The first kappa shape index (κ1) is 23.8. The van der Waals surface area contributed by atoms with Gasteiger partial charge in [-0.05, 0) is 18.6 Å². The van der Waals surface area contributed by atoms with Crippen molar-refractivity contribution in [3.63, 3.8) is 0 Å². The van der Waals surface area contributed by atoms with Crippen LogP contribution in [0.1, 0.15) is 35.8 Å². The molecule has 2 aliphatic rings. The van der Waals surface area contributed by atoms with Gasteiger partial charge in [-0.15, -0.1) is 10.2 Å². The Labute approximate surface area is 219 Å². The van der Waals surface area contributed by atoms with E-state index in [0.29, 0.717) is 49.9 Å². The number of amides is 2. The molecule has 1 unspecified atom stereocenters. The molecule has 0 saturated heterocycles. The van der Waals surface area contributed by atoms with Gasteiger partial charge in [0.05, 0.1) is 0 Å². The second-order valence-electron chi connectivity index (χ2n) is 9.56. The van der Waals surface area contributed by atoms with Gasteiger partial charge in [-0.3, -0.25) is 19.2 Å². The van der Waals surface area contributed by atoms with Gasteiger partial charge in [0.1, 0.15) is 12.0 Å². The number of rotatable bonds is 6. The van der Waals surface area contributed by atoms with Crippen molar-refractivity contribution in [3.8, 4) is 17.3 Å². The average molecular weight is 513 g/mol. The highest BCUT2D eigenvalue weighted by Gasteiger charge is 2.36. The molecule has 1 aromatic carbocycles. The van der Waals surface area contributed by atoms with E-state index in [1.165, 1.54) is 0 Å². The van der Waals surface area contributed by atoms with Gasteiger partial charge < -0.3 is 14.2 Å². The number of pyridine rings is 1. The monoisotopic (exact) mass is 512 g/mol. The Kier molecular flexibility index (Phi) is 6.10. The third-order valence-corrected chi connectivity index (χ3v) is 7.13. The van der Waals surface area contributed by atoms with Crippen molar-refractivity contribution >= 4 is 17.6 Å². The van der Waals surface area contributed by atoms with Gasteiger partial charge in [0.25, 0.3) is 5.91 Å². The Balaban J connectivity index is 1.15. The molecule has 38 heavy (non-hydrogen) atoms. The minimum absolute atomic E-state index is 0.0463. The first-order valence-electron chi connectivity index (χ1n) is 12.7. The Morgan fingerprint density at radius 2 is 1.97 bits per heavy atom. The number of aryl methyl sites for hydroxylation is 2. The highest BCUT2D eigenvalue weighted by Crippen LogP contribution is 2.37. The van der Waals surface area contributed by atoms with Crippen LogP contribution in [0.15, 0.2) is 55.0 Å². The number of anilines is 1. The van der Waals surface area contributed by atoms with Crippen molar-refractivity contribution < 1.29 is 14.3 Å². The van der Waals surface area contributed by atoms with Crippen molar-refractivity contribution in [3.05, 3.63) is 71.8 Å². The van der Waals surface area contributed by atoms with Crippen LogP contribution in [-0.4, -0.2) is 59.3 Å². The van der Waals surface area contributed by atoms with E-state index in [4.69, 9.17) is 4.74 Å². The molecule has 0 N–H and O–H groups in total. The van der Waals surface area contributed by atoms with Crippen LogP contribution in [0.25, 0.3) is 11.5 Å². The van der Waals surface area contributed by atoms with Crippen LogP contribution in [0, 0.1) is 0 Å². The van der Waals surface area contributed by atoms with E-state index >= 15 is 0 Å². The first-order chi connectivity index (χ1) is 18.5. The highest BCUT2D eigenvalue weighted by molar-refractivity contribution is 5.99. The SMILES string of the molecule is Cn1cnnc1-c1nn(C)c2c1CN(C(=O)CCCN1C(=O)C(c3ccccc3)Oc3cccnc31)CC2. The number of hydrogen-bond acceptors (Lipinski definition) is 7. The minimum Gasteiger partial charge on any atom is -0.472 e. The molecular formula is C27H28N8O3. The molecule has 0 aliphatic carbocycles. The molecule has 1 atom stereocenters. The highest BCUT2D eigenvalue weighted by atomic mass is 16.5. The molecular weight excluding hydrogens is 484 g/mol. The number of hydrogen-bond donors (Lipinski definition) is 0. The van der Waals surface area contributed by atoms with E-state index in [-0.39, 0.29) is 11.8 Å². The number of carbonyl (C=O) groups is 2. The minimum atomic E-state index is -0.742. The van der Waals surface area contributed by atoms with E-state index in [0.717, 1.165) is 28.9 Å². The molecule has 3 aromatic heterocycles. The lowest BCUT2D eigenvalue weighted by molar-refractivity contribution is -0.132. The molecule has 0 spiro atoms. The molecule has 194 valence electrons. The fourth-order valence-corrected chi connectivity index (χ4v) is 5.18. The summed E-state index contributed by atoms with van der Waals surface area (Å²) in [6.45, 7) is 1.47. The predicted molar refractivity (Wildman–Crippen MR) is 138 cm³/mol. The zero-order valence-corrected chi connectivity index (χ0v) is 21.3. The molecule has 2 amide bonds. The van der Waals surface area contributed by atoms with Crippen LogP contribution < -0.4 is 9.64 Å². The van der Waals surface area contributed by atoms with Crippen molar-refractivity contribution in [1.82, 2.24) is 34.4 Å². The fourth-order valence-electron chi connectivity index (χ4n) is 5.18. The van der Waals surface area contributed by atoms with E-state index in [9.17, 15) is 9.59 Å². The third-order valence-electron chi connectivity index (χ3n) is 7.13. The van der Waals surface area contributed by atoms with Crippen LogP contribution in [0.5, 0.6) is 5.75 Å². The normalized spacial score (nSPS) is 16.7. The van der Waals surface area contributed by atoms with Gasteiger partial charge in [-0.2, -0.15) is 5.10 Å². The Bertz CT molecular complexity index is 1500. The van der Waals surface area contributed by atoms with E-state index in [1.54, 1.807) is 23.5 Å². The molecule has 2 aliphatic heterocycles. The van der Waals surface area contributed by atoms with Crippen molar-refractivity contribution in [2.24, 2.45) is 14.1 Å². The van der Waals surface area contributed by atoms with Crippen LogP contribution in [0.2, 0.25) is 0 Å². The lowest BCUT2D eigenvalue weighted by Gasteiger charge is -2.33. The summed E-state index contributed by atoms with van der Waals surface area (Å²) in [5, 5.41) is 12.9. The van der Waals surface area contributed by atoms with E-state index in [1.807, 2.05) is 64.6 Å². The summed E-state index contributed by atoms with van der Waals surface area (Å²) in [5.74, 6) is 1.60. The lowest BCUT2D eigenvalue weighted by Crippen LogP contribution is -2.42. The topological polar surface area (TPSA) is 111 Å². The Morgan fingerprint density at radius 3 is 2.76 bits per heavy atom. The largest absolute Gasteiger partial charge is 0.472 e. The van der Waals surface area contributed by atoms with Crippen molar-refractivity contribution in [2.45, 2.75) is 31.9 Å². The van der Waals surface area contributed by atoms with Gasteiger partial charge in [0, 0.05) is 69.6 Å². The van der Waals surface area contributed by atoms with Gasteiger partial charge in [0.2, 0.25) is 12.0 Å². The molecule has 0 fully saturated rings. The maximum atomic E-state index is 13.4. The molecule has 0 saturated carbocycles. The maximum absolute atomic E-state index is 13.4. The van der Waals surface area contributed by atoms with E-state index < -0.39 is 6.10 Å². The second-order valence-corrected chi connectivity index (χ2v) is 9.56. The van der Waals surface area contributed by atoms with Gasteiger partial charge in [-0.25, -0.2) is 4.98 Å². The average Bonchev–Trinajstić information content (AvgIpc) is 3.51. The summed E-state index contributed by atoms with van der Waals surface area (Å²) < 4.78 is 9.72. The predicted octanol–water partition coefficient (Wildman–Crippen LogP) is 2.44. The van der Waals surface area contributed by atoms with Crippen molar-refractivity contribution in [2.75, 3.05) is 18.0 Å². The number of benzene rings is 1. The molecule has 11 nitrogen and oxygen atoms in total. The molecule has 0 radical (unpaired) electrons. The maximum Gasteiger partial charge on any atom is 0.274 e. The molecule has 5 heterocycles. The summed E-state index contributed by atoms with van der Waals surface area (Å²) in [7, 11) is 3.80. The zero-order chi connectivity index (χ0) is 26.2. The van der Waals surface area contributed by atoms with Crippen LogP contribution in [-0.2, 0) is 36.6 Å². The summed E-state index contributed by atoms with van der Waals surface area (Å²) in [6, 6.07) is 13.0. The van der Waals surface area contributed by atoms with Crippen LogP contribution in [0.4, 0.5) is 5.82 Å². The Morgan fingerprint density at radius 1 is 1.13 bits per heavy atom. The van der Waals surface area contributed by atoms with Gasteiger partial charge in [0.15, 0.2) is 17.4 Å². The second kappa shape index (κ2) is 9.73. The van der Waals surface area contributed by atoms with Crippen LogP contribution >= 0.6 is 0 Å². The third kappa shape index (κ3) is 4.19. The summed E-state index contributed by atoms with van der Waals surface area (Å²) in [6.07, 6.45) is 4.09. The standard InChI is InChI=1S/C27H28N8O3/c1-32-17-29-30-26(32)23-19-16-34(15-12-20(19)33(2)31-23)22(36)11-7-14-35-25-21(10-6-13-28-25)38-24(27(35)37)18-8-4-3-5-9-18/h3-6,8-10,13,17,24H,7,11-12,14-16H2,1-2H3. The molecule has 11 heteroatoms. The van der Waals surface area contributed by atoms with Gasteiger partial charge in [-0.1, -0.05) is 30.3 Å². The fraction of sp³-hybridized carbons (Fsp3) is 0.333. The molecule has 0 bridgehead atoms. The van der Waals surface area contributed by atoms with Gasteiger partial charge >= 0.3 is 0 Å². The molecule has 6 rings (SSSR count). The quantitative estimate of drug-likeness (QED) is 0.390. The number of ether oxygens (including phenoxy) is 1.